The lowest BCUT2D eigenvalue weighted by Gasteiger charge is -2.52. The molecule has 228 valence electrons. The number of carbonyl (C=O) groups excluding carboxylic acids is 5. The van der Waals surface area contributed by atoms with E-state index in [0.29, 0.717) is 29.0 Å². The van der Waals surface area contributed by atoms with Crippen LogP contribution in [0.5, 0.6) is 11.5 Å². The van der Waals surface area contributed by atoms with E-state index in [1.165, 1.54) is 6.07 Å². The third-order valence-corrected chi connectivity index (χ3v) is 9.51. The fraction of sp³-hybridized carbons (Fsp3) is 0.485. The summed E-state index contributed by atoms with van der Waals surface area (Å²) in [5.74, 6) is -11.2. The number of amides is 1. The number of rotatable bonds is 8. The van der Waals surface area contributed by atoms with Crippen LogP contribution in [0.2, 0.25) is 0 Å². The van der Waals surface area contributed by atoms with Gasteiger partial charge in [-0.05, 0) is 72.5 Å². The lowest BCUT2D eigenvalue weighted by molar-refractivity contribution is -0.182. The monoisotopic (exact) mass is 590 g/mol. The zero-order valence-corrected chi connectivity index (χ0v) is 24.8. The minimum Gasteiger partial charge on any atom is -0.507 e. The number of phenolic OH excluding ortho intramolecular Hbond substituents is 1. The van der Waals surface area contributed by atoms with Gasteiger partial charge in [-0.15, -0.1) is 0 Å². The van der Waals surface area contributed by atoms with E-state index in [0.717, 1.165) is 18.5 Å². The third kappa shape index (κ3) is 4.67. The Balaban J connectivity index is 1.63. The first kappa shape index (κ1) is 30.6. The molecule has 10 nitrogen and oxygen atoms in total. The number of aromatic hydroxyl groups is 1. The van der Waals surface area contributed by atoms with Gasteiger partial charge in [-0.1, -0.05) is 32.9 Å². The Hall–Kier alpha value is -3.89. The predicted molar refractivity (Wildman–Crippen MR) is 156 cm³/mol. The molecule has 5 rings (SSSR count). The van der Waals surface area contributed by atoms with Gasteiger partial charge >= 0.3 is 0 Å². The van der Waals surface area contributed by atoms with Crippen LogP contribution in [-0.2, 0) is 32.1 Å². The number of aliphatic hydroxyl groups is 1. The van der Waals surface area contributed by atoms with Crippen molar-refractivity contribution in [2.45, 2.75) is 52.2 Å². The number of benzene rings is 2. The SMILES string of the molecule is CCCNCc1ccc(OC)c(-c2ccc(O)c3c2C[C@H]2C[C@H]4[C@H](C(C)C)C(=O)C(C(N)=O)C(=O)[C@@]4(O)C(=O)C2C3=O)c1. The number of hydrogen-bond acceptors (Lipinski definition) is 9. The van der Waals surface area contributed by atoms with Crippen molar-refractivity contribution in [1.82, 2.24) is 5.32 Å². The number of carbonyl (C=O) groups is 5. The number of methoxy groups -OCH3 is 1. The maximum atomic E-state index is 14.1. The number of nitrogens with two attached hydrogens (primary N) is 1. The van der Waals surface area contributed by atoms with E-state index in [4.69, 9.17) is 10.5 Å². The molecule has 0 aromatic heterocycles. The van der Waals surface area contributed by atoms with Crippen molar-refractivity contribution in [3.8, 4) is 22.6 Å². The van der Waals surface area contributed by atoms with E-state index in [2.05, 4.69) is 12.2 Å². The second-order valence-electron chi connectivity index (χ2n) is 12.3. The molecule has 2 unspecified atom stereocenters. The highest BCUT2D eigenvalue weighted by atomic mass is 16.5. The average Bonchev–Trinajstić information content (AvgIpc) is 2.95. The van der Waals surface area contributed by atoms with Gasteiger partial charge in [0, 0.05) is 23.9 Å². The molecule has 5 N–H and O–H groups in total. The molecule has 2 saturated carbocycles. The standard InChI is InChI=1S/C33H38N2O8/c1-5-10-35-14-16-6-9-23(43-4)19(11-16)18-7-8-22(36)26-20(18)12-17-13-21-24(15(2)3)28(37)27(32(34)41)31(40)33(21,42)30(39)25(17)29(26)38/h6-9,11,15,17,21,24-25,27,35-36,42H,5,10,12-14H2,1-4H3,(H2,34,41)/t17-,21-,24-,25?,27?,33-/m0/s1. The summed E-state index contributed by atoms with van der Waals surface area (Å²) in [5.41, 5.74) is 5.54. The Morgan fingerprint density at radius 3 is 2.47 bits per heavy atom. The van der Waals surface area contributed by atoms with Gasteiger partial charge in [0.15, 0.2) is 34.7 Å². The Kier molecular flexibility index (Phi) is 8.04. The van der Waals surface area contributed by atoms with E-state index in [-0.39, 0.29) is 24.2 Å². The van der Waals surface area contributed by atoms with E-state index in [9.17, 15) is 34.2 Å². The van der Waals surface area contributed by atoms with Crippen LogP contribution >= 0.6 is 0 Å². The molecule has 2 aromatic carbocycles. The molecule has 10 heteroatoms. The van der Waals surface area contributed by atoms with Crippen LogP contribution in [0.25, 0.3) is 11.1 Å². The van der Waals surface area contributed by atoms with Crippen LogP contribution in [0.1, 0.15) is 55.1 Å². The van der Waals surface area contributed by atoms with Crippen molar-refractivity contribution in [2.75, 3.05) is 13.7 Å². The quantitative estimate of drug-likeness (QED) is 0.266. The van der Waals surface area contributed by atoms with Crippen LogP contribution in [0.4, 0.5) is 0 Å². The highest BCUT2D eigenvalue weighted by molar-refractivity contribution is 6.32. The van der Waals surface area contributed by atoms with Crippen LogP contribution in [-0.4, -0.2) is 58.5 Å². The van der Waals surface area contributed by atoms with Crippen molar-refractivity contribution in [1.29, 1.82) is 0 Å². The van der Waals surface area contributed by atoms with Crippen LogP contribution in [0.3, 0.4) is 0 Å². The highest BCUT2D eigenvalue weighted by Crippen LogP contribution is 2.54. The first-order valence-corrected chi connectivity index (χ1v) is 14.8. The largest absolute Gasteiger partial charge is 0.507 e. The average molecular weight is 591 g/mol. The Labute approximate surface area is 250 Å². The molecule has 2 fully saturated rings. The van der Waals surface area contributed by atoms with Crippen molar-refractivity contribution in [3.63, 3.8) is 0 Å². The minimum atomic E-state index is -2.72. The van der Waals surface area contributed by atoms with Gasteiger partial charge in [0.1, 0.15) is 11.5 Å². The second kappa shape index (κ2) is 11.3. The fourth-order valence-corrected chi connectivity index (χ4v) is 7.59. The summed E-state index contributed by atoms with van der Waals surface area (Å²) in [6.45, 7) is 6.99. The maximum absolute atomic E-state index is 14.1. The van der Waals surface area contributed by atoms with E-state index < -0.39 is 70.1 Å². The van der Waals surface area contributed by atoms with Crippen molar-refractivity contribution >= 4 is 29.0 Å². The molecule has 3 aliphatic rings. The molecule has 0 spiro atoms. The number of Topliss-reactive ketones (excluding diaryl/α,β-unsaturated/α-hetero) is 4. The lowest BCUT2D eigenvalue weighted by Crippen LogP contribution is -2.71. The second-order valence-corrected chi connectivity index (χ2v) is 12.3. The molecule has 0 saturated heterocycles. The first-order chi connectivity index (χ1) is 20.4. The minimum absolute atomic E-state index is 0.0249. The van der Waals surface area contributed by atoms with Crippen molar-refractivity contribution < 1.29 is 38.9 Å². The third-order valence-electron chi connectivity index (χ3n) is 9.51. The van der Waals surface area contributed by atoms with E-state index >= 15 is 0 Å². The molecule has 2 aromatic rings. The summed E-state index contributed by atoms with van der Waals surface area (Å²) in [6, 6.07) is 8.86. The summed E-state index contributed by atoms with van der Waals surface area (Å²) in [5, 5.41) is 26.1. The molecule has 6 atom stereocenters. The number of ketones is 4. The summed E-state index contributed by atoms with van der Waals surface area (Å²) in [7, 11) is 1.55. The number of ether oxygens (including phenoxy) is 1. The lowest BCUT2D eigenvalue weighted by atomic mass is 9.49. The summed E-state index contributed by atoms with van der Waals surface area (Å²) < 4.78 is 5.66. The summed E-state index contributed by atoms with van der Waals surface area (Å²) >= 11 is 0. The zero-order chi connectivity index (χ0) is 31.4. The summed E-state index contributed by atoms with van der Waals surface area (Å²) in [4.78, 5) is 67.2. The zero-order valence-electron chi connectivity index (χ0n) is 24.8. The number of primary amides is 1. The van der Waals surface area contributed by atoms with Gasteiger partial charge in [0.05, 0.1) is 18.6 Å². The molecule has 0 radical (unpaired) electrons. The maximum Gasteiger partial charge on any atom is 0.235 e. The number of phenols is 1. The van der Waals surface area contributed by atoms with Crippen molar-refractivity contribution in [2.24, 2.45) is 41.2 Å². The van der Waals surface area contributed by atoms with Gasteiger partial charge in [-0.3, -0.25) is 24.0 Å². The number of fused-ring (bicyclic) bond motifs is 3. The molecule has 0 heterocycles. The molecular formula is C33H38N2O8. The normalized spacial score (nSPS) is 28.4. The van der Waals surface area contributed by atoms with Crippen LogP contribution < -0.4 is 15.8 Å². The molecule has 3 aliphatic carbocycles. The van der Waals surface area contributed by atoms with Crippen molar-refractivity contribution in [3.05, 3.63) is 47.0 Å². The number of hydrogen-bond donors (Lipinski definition) is 4. The predicted octanol–water partition coefficient (Wildman–Crippen LogP) is 2.38. The molecule has 0 aliphatic heterocycles. The Morgan fingerprint density at radius 1 is 1.12 bits per heavy atom. The topological polar surface area (TPSA) is 173 Å². The van der Waals surface area contributed by atoms with E-state index in [1.54, 1.807) is 27.0 Å². The van der Waals surface area contributed by atoms with E-state index in [1.807, 2.05) is 18.2 Å². The van der Waals surface area contributed by atoms with Crippen LogP contribution in [0.15, 0.2) is 30.3 Å². The van der Waals surface area contributed by atoms with Gasteiger partial charge < -0.3 is 26.0 Å². The Bertz CT molecular complexity index is 1530. The van der Waals surface area contributed by atoms with Gasteiger partial charge in [-0.25, -0.2) is 0 Å². The molecule has 43 heavy (non-hydrogen) atoms. The van der Waals surface area contributed by atoms with Gasteiger partial charge in [0.25, 0.3) is 0 Å². The smallest absolute Gasteiger partial charge is 0.235 e. The first-order valence-electron chi connectivity index (χ1n) is 14.8. The highest BCUT2D eigenvalue weighted by Gasteiger charge is 2.69. The van der Waals surface area contributed by atoms with Gasteiger partial charge in [-0.2, -0.15) is 0 Å². The number of nitrogens with one attached hydrogen (secondary N) is 1. The molecule has 0 bridgehead atoms. The Morgan fingerprint density at radius 2 is 1.84 bits per heavy atom. The van der Waals surface area contributed by atoms with Gasteiger partial charge in [0.2, 0.25) is 5.91 Å². The summed E-state index contributed by atoms with van der Waals surface area (Å²) in [6.07, 6.45) is 1.19. The molecule has 1 amide bonds. The fourth-order valence-electron chi connectivity index (χ4n) is 7.59. The molecular weight excluding hydrogens is 552 g/mol. The van der Waals surface area contributed by atoms with Crippen LogP contribution in [0, 0.1) is 35.5 Å².